The maximum Gasteiger partial charge on any atom is 0.253 e. The Balaban J connectivity index is 2.26. The van der Waals surface area contributed by atoms with Gasteiger partial charge < -0.3 is 4.90 Å². The first kappa shape index (κ1) is 16.5. The second kappa shape index (κ2) is 6.50. The summed E-state index contributed by atoms with van der Waals surface area (Å²) in [5, 5.41) is 0.116. The van der Waals surface area contributed by atoms with Crippen molar-refractivity contribution in [1.82, 2.24) is 4.90 Å². The number of carbonyl (C=O) groups excluding carboxylic acids is 1. The van der Waals surface area contributed by atoms with Crippen LogP contribution in [0.4, 0.5) is 0 Å². The summed E-state index contributed by atoms with van der Waals surface area (Å²) in [5.41, 5.74) is 1.29. The van der Waals surface area contributed by atoms with Crippen molar-refractivity contribution in [3.63, 3.8) is 0 Å². The maximum atomic E-state index is 12.4. The Morgan fingerprint density at radius 3 is 2.36 bits per heavy atom. The Bertz CT molecular complexity index is 788. The fraction of sp³-hybridized carbons (Fsp3) is 0.188. The fourth-order valence-electron chi connectivity index (χ4n) is 2.07. The van der Waals surface area contributed by atoms with E-state index in [-0.39, 0.29) is 15.8 Å². The third-order valence-electron chi connectivity index (χ3n) is 3.19. The van der Waals surface area contributed by atoms with E-state index in [9.17, 15) is 13.2 Å². The topological polar surface area (TPSA) is 54.5 Å². The molecule has 116 valence electrons. The van der Waals surface area contributed by atoms with Crippen LogP contribution in [0.1, 0.15) is 15.9 Å². The highest BCUT2D eigenvalue weighted by Crippen LogP contribution is 2.23. The maximum absolute atomic E-state index is 12.4. The van der Waals surface area contributed by atoms with E-state index >= 15 is 0 Å². The van der Waals surface area contributed by atoms with Gasteiger partial charge in [0.25, 0.3) is 5.91 Å². The summed E-state index contributed by atoms with van der Waals surface area (Å²) in [6, 6.07) is 13.8. The molecule has 4 nitrogen and oxygen atoms in total. The van der Waals surface area contributed by atoms with Crippen molar-refractivity contribution in [3.8, 4) is 0 Å². The highest BCUT2D eigenvalue weighted by molar-refractivity contribution is 7.90. The molecule has 22 heavy (non-hydrogen) atoms. The molecule has 1 amide bonds. The van der Waals surface area contributed by atoms with Gasteiger partial charge in [-0.05, 0) is 23.8 Å². The zero-order chi connectivity index (χ0) is 16.3. The molecule has 0 fully saturated rings. The minimum Gasteiger partial charge on any atom is -0.337 e. The van der Waals surface area contributed by atoms with Gasteiger partial charge in [0.1, 0.15) is 0 Å². The molecule has 0 atom stereocenters. The van der Waals surface area contributed by atoms with Crippen LogP contribution in [0.3, 0.4) is 0 Å². The highest BCUT2D eigenvalue weighted by atomic mass is 35.5. The van der Waals surface area contributed by atoms with E-state index in [1.54, 1.807) is 7.05 Å². The Labute approximate surface area is 135 Å². The van der Waals surface area contributed by atoms with E-state index in [2.05, 4.69) is 0 Å². The average Bonchev–Trinajstić information content (AvgIpc) is 2.47. The summed E-state index contributed by atoms with van der Waals surface area (Å²) in [6.45, 7) is 0.441. The number of hydrogen-bond acceptors (Lipinski definition) is 3. The smallest absolute Gasteiger partial charge is 0.253 e. The van der Waals surface area contributed by atoms with E-state index in [1.165, 1.54) is 23.1 Å². The Morgan fingerprint density at radius 2 is 1.77 bits per heavy atom. The van der Waals surface area contributed by atoms with Crippen LogP contribution >= 0.6 is 11.6 Å². The van der Waals surface area contributed by atoms with Gasteiger partial charge in [-0.1, -0.05) is 41.9 Å². The molecule has 0 bridgehead atoms. The van der Waals surface area contributed by atoms with Crippen molar-refractivity contribution in [1.29, 1.82) is 0 Å². The summed E-state index contributed by atoms with van der Waals surface area (Å²) < 4.78 is 23.4. The molecule has 0 aliphatic heterocycles. The van der Waals surface area contributed by atoms with E-state index in [0.717, 1.165) is 11.8 Å². The summed E-state index contributed by atoms with van der Waals surface area (Å²) in [5.74, 6) is -0.259. The van der Waals surface area contributed by atoms with Crippen LogP contribution in [0.5, 0.6) is 0 Å². The molecule has 6 heteroatoms. The van der Waals surface area contributed by atoms with Crippen LogP contribution in [-0.2, 0) is 16.4 Å². The van der Waals surface area contributed by atoms with E-state index in [1.807, 2.05) is 30.3 Å². The Hall–Kier alpha value is -1.85. The van der Waals surface area contributed by atoms with E-state index in [4.69, 9.17) is 11.6 Å². The molecule has 0 heterocycles. The molecule has 0 aromatic heterocycles. The van der Waals surface area contributed by atoms with Crippen LogP contribution in [0.2, 0.25) is 5.02 Å². The van der Waals surface area contributed by atoms with Gasteiger partial charge in [0, 0.05) is 25.4 Å². The van der Waals surface area contributed by atoms with Gasteiger partial charge in [-0.3, -0.25) is 4.79 Å². The average molecular weight is 338 g/mol. The lowest BCUT2D eigenvalue weighted by Crippen LogP contribution is -2.26. The highest BCUT2D eigenvalue weighted by Gasteiger charge is 2.18. The standard InChI is InChI=1S/C16H16ClNO3S/c1-18(11-12-6-4-3-5-7-12)16(19)13-8-9-14(17)15(10-13)22(2,20)21/h3-10H,11H2,1-2H3. The van der Waals surface area contributed by atoms with Crippen LogP contribution in [0, 0.1) is 0 Å². The number of amides is 1. The van der Waals surface area contributed by atoms with Crippen LogP contribution in [0.25, 0.3) is 0 Å². The molecule has 0 unspecified atom stereocenters. The molecule has 0 spiro atoms. The zero-order valence-electron chi connectivity index (χ0n) is 12.3. The number of sulfone groups is 1. The SMILES string of the molecule is CN(Cc1ccccc1)C(=O)c1ccc(Cl)c(S(C)(=O)=O)c1. The molecule has 2 aromatic carbocycles. The summed E-state index contributed by atoms with van der Waals surface area (Å²) in [7, 11) is -1.81. The first-order valence-corrected chi connectivity index (χ1v) is 8.85. The number of nitrogens with zero attached hydrogens (tertiary/aromatic N) is 1. The van der Waals surface area contributed by atoms with Crippen LogP contribution in [-0.4, -0.2) is 32.5 Å². The predicted molar refractivity (Wildman–Crippen MR) is 86.8 cm³/mol. The first-order chi connectivity index (χ1) is 10.3. The number of rotatable bonds is 4. The molecule has 2 rings (SSSR count). The fourth-order valence-corrected chi connectivity index (χ4v) is 3.37. The van der Waals surface area contributed by atoms with Gasteiger partial charge in [-0.15, -0.1) is 0 Å². The van der Waals surface area contributed by atoms with E-state index < -0.39 is 9.84 Å². The second-order valence-corrected chi connectivity index (χ2v) is 7.46. The minimum atomic E-state index is -3.48. The lowest BCUT2D eigenvalue weighted by atomic mass is 10.1. The predicted octanol–water partition coefficient (Wildman–Crippen LogP) is 3.02. The van der Waals surface area contributed by atoms with Gasteiger partial charge in [-0.25, -0.2) is 8.42 Å². The first-order valence-electron chi connectivity index (χ1n) is 6.58. The number of benzene rings is 2. The summed E-state index contributed by atoms with van der Waals surface area (Å²) in [4.78, 5) is 13.9. The second-order valence-electron chi connectivity index (χ2n) is 5.06. The normalized spacial score (nSPS) is 11.2. The van der Waals surface area contributed by atoms with Crippen molar-refractivity contribution in [2.45, 2.75) is 11.4 Å². The zero-order valence-corrected chi connectivity index (χ0v) is 13.9. The largest absolute Gasteiger partial charge is 0.337 e. The molecular weight excluding hydrogens is 322 g/mol. The number of carbonyl (C=O) groups is 1. The van der Waals surface area contributed by atoms with Crippen molar-refractivity contribution >= 4 is 27.3 Å². The van der Waals surface area contributed by atoms with Crippen molar-refractivity contribution < 1.29 is 13.2 Å². The lowest BCUT2D eigenvalue weighted by Gasteiger charge is -2.18. The molecule has 0 saturated heterocycles. The molecule has 0 aliphatic carbocycles. The monoisotopic (exact) mass is 337 g/mol. The molecule has 0 radical (unpaired) electrons. The lowest BCUT2D eigenvalue weighted by molar-refractivity contribution is 0.0785. The molecule has 0 N–H and O–H groups in total. The van der Waals surface area contributed by atoms with Gasteiger partial charge in [-0.2, -0.15) is 0 Å². The summed E-state index contributed by atoms with van der Waals surface area (Å²) in [6.07, 6.45) is 1.07. The van der Waals surface area contributed by atoms with Crippen molar-refractivity contribution in [2.24, 2.45) is 0 Å². The summed E-state index contributed by atoms with van der Waals surface area (Å²) >= 11 is 5.89. The molecular formula is C16H16ClNO3S. The van der Waals surface area contributed by atoms with Gasteiger partial charge in [0.2, 0.25) is 0 Å². The van der Waals surface area contributed by atoms with E-state index in [0.29, 0.717) is 12.1 Å². The van der Waals surface area contributed by atoms with Gasteiger partial charge in [0.15, 0.2) is 9.84 Å². The van der Waals surface area contributed by atoms with Crippen LogP contribution < -0.4 is 0 Å². The number of halogens is 1. The Kier molecular flexibility index (Phi) is 4.88. The van der Waals surface area contributed by atoms with Gasteiger partial charge >= 0.3 is 0 Å². The van der Waals surface area contributed by atoms with Gasteiger partial charge in [0.05, 0.1) is 9.92 Å². The third-order valence-corrected chi connectivity index (χ3v) is 4.77. The molecule has 0 aliphatic rings. The van der Waals surface area contributed by atoms with Crippen LogP contribution in [0.15, 0.2) is 53.4 Å². The molecule has 2 aromatic rings. The molecule has 0 saturated carbocycles. The number of hydrogen-bond donors (Lipinski definition) is 0. The minimum absolute atomic E-state index is 0.0341. The third kappa shape index (κ3) is 3.87. The quantitative estimate of drug-likeness (QED) is 0.861. The van der Waals surface area contributed by atoms with Crippen molar-refractivity contribution in [2.75, 3.05) is 13.3 Å². The van der Waals surface area contributed by atoms with Crippen molar-refractivity contribution in [3.05, 3.63) is 64.7 Å². The Morgan fingerprint density at radius 1 is 1.14 bits per heavy atom.